The van der Waals surface area contributed by atoms with Crippen LogP contribution in [-0.2, 0) is 30.2 Å². The number of thiophene rings is 1. The van der Waals surface area contributed by atoms with Crippen molar-refractivity contribution in [3.8, 4) is 16.2 Å². The molecule has 70 heavy (non-hydrogen) atoms. The predicted molar refractivity (Wildman–Crippen MR) is 263 cm³/mol. The molecule has 2 atom stereocenters. The average Bonchev–Trinajstić information content (AvgIpc) is 3.81. The second-order valence-electron chi connectivity index (χ2n) is 18.6. The lowest BCUT2D eigenvalue weighted by Crippen LogP contribution is -2.55. The Morgan fingerprint density at radius 3 is 2.49 bits per heavy atom. The van der Waals surface area contributed by atoms with E-state index < -0.39 is 46.1 Å². The van der Waals surface area contributed by atoms with Crippen LogP contribution in [0.15, 0.2) is 73.1 Å². The van der Waals surface area contributed by atoms with Crippen molar-refractivity contribution >= 4 is 101 Å². The number of benzene rings is 3. The molecule has 0 bridgehead atoms. The van der Waals surface area contributed by atoms with Gasteiger partial charge in [-0.2, -0.15) is 4.31 Å². The molecule has 21 heteroatoms. The molecule has 2 unspecified atom stereocenters. The molecule has 362 valence electrons. The third-order valence-corrected chi connectivity index (χ3v) is 17.3. The van der Waals surface area contributed by atoms with Gasteiger partial charge in [0.2, 0.25) is 21.8 Å². The molecule has 6 aromatic rings. The van der Waals surface area contributed by atoms with Gasteiger partial charge in [0.25, 0.3) is 5.91 Å². The number of rotatable bonds is 13. The fraction of sp³-hybridized carbons (Fsp3) is 0.347. The number of nitrogens with zero attached hydrogens (tertiary/aromatic N) is 6. The monoisotopic (exact) mass is 1010 g/mol. The number of carboxylic acids is 2. The number of amides is 3. The minimum atomic E-state index is -3.88. The van der Waals surface area contributed by atoms with Crippen LogP contribution < -0.4 is 25.2 Å². The highest BCUT2D eigenvalue weighted by molar-refractivity contribution is 7.88. The summed E-state index contributed by atoms with van der Waals surface area (Å²) in [6.45, 7) is 4.67. The number of imide groups is 1. The van der Waals surface area contributed by atoms with Gasteiger partial charge >= 0.3 is 11.9 Å². The summed E-state index contributed by atoms with van der Waals surface area (Å²) in [7, 11) is -3.88. The molecule has 0 saturated carbocycles. The van der Waals surface area contributed by atoms with E-state index in [4.69, 9.17) is 31.4 Å². The third kappa shape index (κ3) is 8.77. The quantitative estimate of drug-likeness (QED) is 0.0847. The number of fused-ring (bicyclic) bond motifs is 1. The zero-order chi connectivity index (χ0) is 49.2. The summed E-state index contributed by atoms with van der Waals surface area (Å²) < 4.78 is 35.0. The van der Waals surface area contributed by atoms with Crippen molar-refractivity contribution in [1.82, 2.24) is 24.6 Å². The Labute approximate surface area is 410 Å². The lowest BCUT2D eigenvalue weighted by molar-refractivity contribution is -0.139. The fourth-order valence-electron chi connectivity index (χ4n) is 10.5. The Balaban J connectivity index is 0.788. The number of halogens is 1. The highest BCUT2D eigenvalue weighted by Gasteiger charge is 2.43. The van der Waals surface area contributed by atoms with Crippen molar-refractivity contribution in [2.24, 2.45) is 0 Å². The average molecular weight is 1010 g/mol. The van der Waals surface area contributed by atoms with Crippen LogP contribution in [0.2, 0.25) is 5.02 Å². The smallest absolute Gasteiger partial charge is 0.349 e. The summed E-state index contributed by atoms with van der Waals surface area (Å²) in [5, 5.41) is 27.2. The zero-order valence-corrected chi connectivity index (χ0v) is 40.4. The van der Waals surface area contributed by atoms with E-state index in [2.05, 4.69) is 26.6 Å². The van der Waals surface area contributed by atoms with Gasteiger partial charge < -0.3 is 25.2 Å². The van der Waals surface area contributed by atoms with E-state index in [9.17, 15) is 37.5 Å². The number of carboxylic acid groups (broad SMARTS) is 2. The van der Waals surface area contributed by atoms with Crippen molar-refractivity contribution in [3.05, 3.63) is 99.9 Å². The number of hydrogen-bond acceptors (Lipinski definition) is 14. The molecule has 0 aliphatic carbocycles. The molecule has 4 N–H and O–H groups in total. The number of aromatic nitrogens is 3. The zero-order valence-electron chi connectivity index (χ0n) is 38.0. The number of ether oxygens (including phenoxy) is 1. The van der Waals surface area contributed by atoms with Gasteiger partial charge in [0, 0.05) is 78.1 Å². The van der Waals surface area contributed by atoms with Gasteiger partial charge in [0.15, 0.2) is 17.2 Å². The van der Waals surface area contributed by atoms with Gasteiger partial charge in [-0.15, -0.1) is 11.3 Å². The fourth-order valence-corrected chi connectivity index (χ4v) is 13.7. The first-order valence-corrected chi connectivity index (χ1v) is 25.6. The number of hydrogen-bond donors (Lipinski definition) is 4. The number of carbonyl (C=O) groups is 5. The Hall–Kier alpha value is -6.74. The standard InChI is InChI=1S/C49H47ClN8O10S2/c1-49(2)21-30(53-29-6-3-5-27(19-29)44-42(50)43(68-24-40(60)61)45(69-44)48(64)65)15-18-57(49)70(66,67)25-37-51-22-28-23-52-38(20-34(28)54-37)56-16-13-26(14-17-56)31-9-10-35-41-32(31)7-4-8-33(41)47(63)58(35)36-11-12-39(59)55-46(36)62/h3-10,19-20,22-23,26,30,36,53H,11-18,21,24-25H2,1-2H3,(H,60,61)(H,64,65)(H,55,59,62). The number of carbonyl (C=O) groups excluding carboxylic acids is 3. The van der Waals surface area contributed by atoms with Crippen LogP contribution in [0.25, 0.3) is 32.1 Å². The number of anilines is 3. The largest absolute Gasteiger partial charge is 0.479 e. The maximum Gasteiger partial charge on any atom is 0.349 e. The molecule has 4 aliphatic rings. The van der Waals surface area contributed by atoms with Crippen molar-refractivity contribution < 1.29 is 47.3 Å². The highest BCUT2D eigenvalue weighted by atomic mass is 35.5. The van der Waals surface area contributed by atoms with Crippen molar-refractivity contribution in [2.45, 2.75) is 81.7 Å². The van der Waals surface area contributed by atoms with Crippen molar-refractivity contribution in [1.29, 1.82) is 0 Å². The predicted octanol–water partition coefficient (Wildman–Crippen LogP) is 7.06. The molecule has 4 aliphatic heterocycles. The second-order valence-corrected chi connectivity index (χ2v) is 21.9. The molecule has 3 saturated heterocycles. The lowest BCUT2D eigenvalue weighted by Gasteiger charge is -2.44. The molecular weight excluding hydrogens is 960 g/mol. The SMILES string of the molecule is CC1(C)CC(Nc2cccc(-c3sc(C(=O)O)c(OCC(=O)O)c3Cl)c2)CCN1S(=O)(=O)Cc1ncc2cnc(N3CCC(c4ccc5c6c(cccc46)C(=O)N5C4CCC(=O)NC4=O)CC3)cc2n1. The van der Waals surface area contributed by atoms with Crippen LogP contribution in [0.5, 0.6) is 5.75 Å². The number of nitrogens with one attached hydrogen (secondary N) is 2. The first-order valence-electron chi connectivity index (χ1n) is 22.8. The molecule has 10 rings (SSSR count). The van der Waals surface area contributed by atoms with Gasteiger partial charge in [-0.25, -0.2) is 33.0 Å². The molecule has 3 amide bonds. The van der Waals surface area contributed by atoms with Crippen LogP contribution in [0, 0.1) is 0 Å². The van der Waals surface area contributed by atoms with Gasteiger partial charge in [-0.1, -0.05) is 41.9 Å². The highest BCUT2D eigenvalue weighted by Crippen LogP contribution is 2.47. The van der Waals surface area contributed by atoms with E-state index in [0.29, 0.717) is 64.2 Å². The number of aromatic carboxylic acids is 1. The number of piperidine rings is 3. The normalized spacial score (nSPS) is 19.7. The van der Waals surface area contributed by atoms with Gasteiger partial charge in [0.05, 0.1) is 16.1 Å². The lowest BCUT2D eigenvalue weighted by atomic mass is 9.85. The van der Waals surface area contributed by atoms with Crippen molar-refractivity contribution in [2.75, 3.05) is 41.4 Å². The summed E-state index contributed by atoms with van der Waals surface area (Å²) in [5.74, 6) is -3.09. The van der Waals surface area contributed by atoms with Gasteiger partial charge in [-0.3, -0.25) is 24.6 Å². The molecule has 3 fully saturated rings. The summed E-state index contributed by atoms with van der Waals surface area (Å²) >= 11 is 7.42. The molecule has 7 heterocycles. The van der Waals surface area contributed by atoms with E-state index in [1.54, 1.807) is 35.5 Å². The van der Waals surface area contributed by atoms with Crippen molar-refractivity contribution in [3.63, 3.8) is 0 Å². The maximum atomic E-state index is 14.1. The van der Waals surface area contributed by atoms with E-state index >= 15 is 0 Å². The molecule has 18 nitrogen and oxygen atoms in total. The van der Waals surface area contributed by atoms with Gasteiger partial charge in [-0.05, 0) is 92.6 Å². The Bertz CT molecular complexity index is 3280. The molecule has 0 spiro atoms. The second kappa shape index (κ2) is 18.2. The van der Waals surface area contributed by atoms with Crippen LogP contribution in [0.3, 0.4) is 0 Å². The molecule has 3 aromatic heterocycles. The van der Waals surface area contributed by atoms with Crippen LogP contribution in [-0.4, -0.2) is 111 Å². The van der Waals surface area contributed by atoms with E-state index in [0.717, 1.165) is 46.3 Å². The van der Waals surface area contributed by atoms with Crippen LogP contribution >= 0.6 is 22.9 Å². The Kier molecular flexibility index (Phi) is 12.2. The minimum absolute atomic E-state index is 0.000841. The van der Waals surface area contributed by atoms with Crippen LogP contribution in [0.1, 0.15) is 89.7 Å². The molecule has 0 radical (unpaired) electrons. The topological polar surface area (TPSA) is 242 Å². The first-order chi connectivity index (χ1) is 33.5. The number of sulfonamides is 1. The summed E-state index contributed by atoms with van der Waals surface area (Å²) in [6, 6.07) is 17.9. The van der Waals surface area contributed by atoms with E-state index in [1.807, 2.05) is 50.2 Å². The third-order valence-electron chi connectivity index (χ3n) is 13.6. The summed E-state index contributed by atoms with van der Waals surface area (Å²) in [4.78, 5) is 79.3. The summed E-state index contributed by atoms with van der Waals surface area (Å²) in [6.07, 6.45) is 6.36. The van der Waals surface area contributed by atoms with E-state index in [1.165, 1.54) is 4.31 Å². The molecular formula is C49H47ClN8O10S2. The first kappa shape index (κ1) is 47.0. The molecule has 3 aromatic carbocycles. The van der Waals surface area contributed by atoms with Gasteiger partial charge in [0.1, 0.15) is 28.5 Å². The minimum Gasteiger partial charge on any atom is -0.479 e. The maximum absolute atomic E-state index is 14.1. The summed E-state index contributed by atoms with van der Waals surface area (Å²) in [5.41, 5.74) is 3.50. The Morgan fingerprint density at radius 1 is 0.971 bits per heavy atom. The van der Waals surface area contributed by atoms with Crippen LogP contribution in [0.4, 0.5) is 17.2 Å². The number of pyridine rings is 1. The number of aliphatic carboxylic acids is 1. The Morgan fingerprint density at radius 2 is 1.74 bits per heavy atom. The van der Waals surface area contributed by atoms with E-state index in [-0.39, 0.29) is 70.4 Å².